The molecule has 0 aromatic heterocycles. The molecule has 3 heterocycles. The number of carbonyl (C=O) groups excluding carboxylic acids is 1. The fourth-order valence-corrected chi connectivity index (χ4v) is 3.96. The Hall–Kier alpha value is -1.90. The van der Waals surface area contributed by atoms with E-state index in [1.807, 2.05) is 4.90 Å². The second-order valence-corrected chi connectivity index (χ2v) is 7.04. The van der Waals surface area contributed by atoms with Gasteiger partial charge in [-0.05, 0) is 18.2 Å². The standard InChI is InChI=1S/C18H23FN2O5/c1-12-9-20(5-4-18(12)24-6-7-25-18)16-3-2-13(8-15(16)19)21-10-14(11-22)26-17(21)23/h2-3,8,12,14,22H,4-7,9-11H2,1H3/t12?,14-/m1/s1. The van der Waals surface area contributed by atoms with Crippen LogP contribution in [0, 0.1) is 11.7 Å². The zero-order chi connectivity index (χ0) is 18.3. The van der Waals surface area contributed by atoms with Crippen molar-refractivity contribution >= 4 is 17.5 Å². The minimum Gasteiger partial charge on any atom is -0.441 e. The Kier molecular flexibility index (Phi) is 4.50. The van der Waals surface area contributed by atoms with Crippen LogP contribution >= 0.6 is 0 Å². The normalized spacial score (nSPS) is 28.0. The average Bonchev–Trinajstić information content (AvgIpc) is 3.25. The van der Waals surface area contributed by atoms with Gasteiger partial charge in [0.2, 0.25) is 0 Å². The molecule has 1 amide bonds. The van der Waals surface area contributed by atoms with Crippen molar-refractivity contribution in [1.29, 1.82) is 0 Å². The first-order valence-corrected chi connectivity index (χ1v) is 8.94. The highest BCUT2D eigenvalue weighted by Crippen LogP contribution is 2.38. The molecule has 2 atom stereocenters. The fourth-order valence-electron chi connectivity index (χ4n) is 3.96. The number of carbonyl (C=O) groups is 1. The number of aliphatic hydroxyl groups excluding tert-OH is 1. The number of halogens is 1. The molecule has 0 radical (unpaired) electrons. The van der Waals surface area contributed by atoms with Crippen molar-refractivity contribution < 1.29 is 28.5 Å². The van der Waals surface area contributed by atoms with Crippen molar-refractivity contribution in [2.24, 2.45) is 5.92 Å². The van der Waals surface area contributed by atoms with Crippen LogP contribution in [0.15, 0.2) is 18.2 Å². The number of amides is 1. The van der Waals surface area contributed by atoms with Crippen LogP contribution in [0.25, 0.3) is 0 Å². The van der Waals surface area contributed by atoms with E-state index in [9.17, 15) is 9.18 Å². The van der Waals surface area contributed by atoms with Gasteiger partial charge >= 0.3 is 6.09 Å². The van der Waals surface area contributed by atoms with E-state index < -0.39 is 18.0 Å². The zero-order valence-electron chi connectivity index (χ0n) is 14.7. The summed E-state index contributed by atoms with van der Waals surface area (Å²) in [5, 5.41) is 9.12. The number of piperidine rings is 1. The Morgan fingerprint density at radius 3 is 2.69 bits per heavy atom. The van der Waals surface area contributed by atoms with E-state index in [0.717, 1.165) is 0 Å². The van der Waals surface area contributed by atoms with Crippen LogP contribution in [0.4, 0.5) is 20.6 Å². The third kappa shape index (κ3) is 2.91. The molecule has 3 saturated heterocycles. The number of ether oxygens (including phenoxy) is 3. The number of cyclic esters (lactones) is 1. The second-order valence-electron chi connectivity index (χ2n) is 7.04. The van der Waals surface area contributed by atoms with E-state index in [2.05, 4.69) is 6.92 Å². The lowest BCUT2D eigenvalue weighted by Crippen LogP contribution is -2.51. The minimum atomic E-state index is -0.573. The van der Waals surface area contributed by atoms with Crippen LogP contribution in [0.5, 0.6) is 0 Å². The van der Waals surface area contributed by atoms with E-state index in [1.165, 1.54) is 11.0 Å². The largest absolute Gasteiger partial charge is 0.441 e. The number of anilines is 2. The predicted molar refractivity (Wildman–Crippen MR) is 91.7 cm³/mol. The first-order valence-electron chi connectivity index (χ1n) is 8.94. The molecule has 0 bridgehead atoms. The van der Waals surface area contributed by atoms with Crippen LogP contribution in [0.3, 0.4) is 0 Å². The molecule has 26 heavy (non-hydrogen) atoms. The molecule has 1 spiro atoms. The van der Waals surface area contributed by atoms with Gasteiger partial charge in [0.05, 0.1) is 37.7 Å². The number of nitrogens with zero attached hydrogens (tertiary/aromatic N) is 2. The molecule has 0 saturated carbocycles. The molecular formula is C18H23FN2O5. The van der Waals surface area contributed by atoms with E-state index in [-0.39, 0.29) is 24.9 Å². The molecule has 3 aliphatic rings. The summed E-state index contributed by atoms with van der Waals surface area (Å²) in [6.07, 6.45) is -0.456. The van der Waals surface area contributed by atoms with Gasteiger partial charge < -0.3 is 24.2 Å². The molecule has 142 valence electrons. The molecule has 3 fully saturated rings. The molecule has 1 aromatic carbocycles. The monoisotopic (exact) mass is 366 g/mol. The van der Waals surface area contributed by atoms with Crippen molar-refractivity contribution in [2.75, 3.05) is 49.3 Å². The van der Waals surface area contributed by atoms with Gasteiger partial charge in [-0.2, -0.15) is 0 Å². The third-order valence-corrected chi connectivity index (χ3v) is 5.41. The smallest absolute Gasteiger partial charge is 0.414 e. The Bertz CT molecular complexity index is 694. The summed E-state index contributed by atoms with van der Waals surface area (Å²) in [7, 11) is 0. The minimum absolute atomic E-state index is 0.122. The second kappa shape index (κ2) is 6.68. The Labute approximate surface area is 151 Å². The Morgan fingerprint density at radius 2 is 2.08 bits per heavy atom. The molecule has 1 unspecified atom stereocenters. The van der Waals surface area contributed by atoms with Crippen LogP contribution in [0.2, 0.25) is 0 Å². The molecular weight excluding hydrogens is 343 g/mol. The van der Waals surface area contributed by atoms with Gasteiger partial charge in [-0.1, -0.05) is 6.92 Å². The van der Waals surface area contributed by atoms with E-state index >= 15 is 0 Å². The van der Waals surface area contributed by atoms with Crippen molar-refractivity contribution in [1.82, 2.24) is 0 Å². The molecule has 1 aromatic rings. The molecule has 1 N–H and O–H groups in total. The van der Waals surface area contributed by atoms with Crippen LogP contribution in [0.1, 0.15) is 13.3 Å². The summed E-state index contributed by atoms with van der Waals surface area (Å²) in [5.74, 6) is -0.804. The quantitative estimate of drug-likeness (QED) is 0.879. The SMILES string of the molecule is CC1CN(c2ccc(N3C[C@H](CO)OC3=O)cc2F)CCC12OCCO2. The first-order chi connectivity index (χ1) is 12.5. The molecule has 8 heteroatoms. The molecule has 7 nitrogen and oxygen atoms in total. The van der Waals surface area contributed by atoms with Gasteiger partial charge in [0.25, 0.3) is 0 Å². The van der Waals surface area contributed by atoms with Gasteiger partial charge in [-0.15, -0.1) is 0 Å². The molecule has 3 aliphatic heterocycles. The lowest BCUT2D eigenvalue weighted by atomic mass is 9.92. The number of hydrogen-bond donors (Lipinski definition) is 1. The maximum absolute atomic E-state index is 14.8. The van der Waals surface area contributed by atoms with Gasteiger partial charge in [0, 0.05) is 25.4 Å². The number of rotatable bonds is 3. The van der Waals surface area contributed by atoms with Gasteiger partial charge in [0.15, 0.2) is 5.79 Å². The Morgan fingerprint density at radius 1 is 1.31 bits per heavy atom. The number of hydrogen-bond acceptors (Lipinski definition) is 6. The van der Waals surface area contributed by atoms with Gasteiger partial charge in [0.1, 0.15) is 11.9 Å². The van der Waals surface area contributed by atoms with E-state index in [0.29, 0.717) is 44.1 Å². The van der Waals surface area contributed by atoms with Crippen molar-refractivity contribution in [3.63, 3.8) is 0 Å². The summed E-state index contributed by atoms with van der Waals surface area (Å²) in [5.41, 5.74) is 0.927. The highest BCUT2D eigenvalue weighted by Gasteiger charge is 2.46. The van der Waals surface area contributed by atoms with Gasteiger partial charge in [-0.25, -0.2) is 9.18 Å². The topological polar surface area (TPSA) is 71.5 Å². The predicted octanol–water partition coefficient (Wildman–Crippen LogP) is 1.73. The number of aliphatic hydroxyl groups is 1. The fraction of sp³-hybridized carbons (Fsp3) is 0.611. The summed E-state index contributed by atoms with van der Waals surface area (Å²) < 4.78 is 31.4. The maximum atomic E-state index is 14.8. The number of benzene rings is 1. The summed E-state index contributed by atoms with van der Waals surface area (Å²) in [6.45, 7) is 4.50. The summed E-state index contributed by atoms with van der Waals surface area (Å²) in [4.78, 5) is 15.2. The maximum Gasteiger partial charge on any atom is 0.414 e. The lowest BCUT2D eigenvalue weighted by molar-refractivity contribution is -0.199. The highest BCUT2D eigenvalue weighted by molar-refractivity contribution is 5.90. The Balaban J connectivity index is 1.49. The average molecular weight is 366 g/mol. The highest BCUT2D eigenvalue weighted by atomic mass is 19.1. The zero-order valence-corrected chi connectivity index (χ0v) is 14.7. The third-order valence-electron chi connectivity index (χ3n) is 5.41. The molecule has 4 rings (SSSR count). The van der Waals surface area contributed by atoms with Crippen molar-refractivity contribution in [3.05, 3.63) is 24.0 Å². The van der Waals surface area contributed by atoms with Crippen LogP contribution in [-0.4, -0.2) is 62.5 Å². The molecule has 0 aliphatic carbocycles. The first kappa shape index (κ1) is 17.5. The van der Waals surface area contributed by atoms with E-state index in [4.69, 9.17) is 19.3 Å². The summed E-state index contributed by atoms with van der Waals surface area (Å²) >= 11 is 0. The summed E-state index contributed by atoms with van der Waals surface area (Å²) in [6, 6.07) is 4.73. The lowest BCUT2D eigenvalue weighted by Gasteiger charge is -2.43. The van der Waals surface area contributed by atoms with Crippen molar-refractivity contribution in [2.45, 2.75) is 25.2 Å². The van der Waals surface area contributed by atoms with E-state index in [1.54, 1.807) is 12.1 Å². The van der Waals surface area contributed by atoms with Gasteiger partial charge in [-0.3, -0.25) is 4.90 Å². The van der Waals surface area contributed by atoms with Crippen LogP contribution in [-0.2, 0) is 14.2 Å². The van der Waals surface area contributed by atoms with Crippen molar-refractivity contribution in [3.8, 4) is 0 Å². The van der Waals surface area contributed by atoms with Crippen LogP contribution < -0.4 is 9.80 Å².